The molecule has 1 saturated heterocycles. The highest BCUT2D eigenvalue weighted by atomic mass is 35.5. The number of carboxylic acids is 1. The van der Waals surface area contributed by atoms with Crippen LogP contribution in [0.25, 0.3) is 0 Å². The number of carbonyl (C=O) groups is 3. The zero-order valence-electron chi connectivity index (χ0n) is 24.6. The van der Waals surface area contributed by atoms with Gasteiger partial charge in [0.1, 0.15) is 18.5 Å². The third-order valence-corrected chi connectivity index (χ3v) is 9.89. The maximum atomic E-state index is 14.3. The first-order valence-electron chi connectivity index (χ1n) is 14.9. The van der Waals surface area contributed by atoms with Crippen molar-refractivity contribution in [3.8, 4) is 5.75 Å². The quantitative estimate of drug-likeness (QED) is 0.239. The van der Waals surface area contributed by atoms with Crippen molar-refractivity contribution >= 4 is 29.4 Å². The van der Waals surface area contributed by atoms with Crippen LogP contribution < -0.4 is 16.3 Å². The van der Waals surface area contributed by atoms with Gasteiger partial charge in [0.25, 0.3) is 0 Å². The van der Waals surface area contributed by atoms with E-state index in [1.54, 1.807) is 21.9 Å². The van der Waals surface area contributed by atoms with Gasteiger partial charge in [0, 0.05) is 43.7 Å². The minimum atomic E-state index is -1.44. The highest BCUT2D eigenvalue weighted by Crippen LogP contribution is 2.54. The molecule has 43 heavy (non-hydrogen) atoms. The molecule has 2 saturated carbocycles. The van der Waals surface area contributed by atoms with Crippen LogP contribution >= 0.6 is 11.6 Å². The van der Waals surface area contributed by atoms with Crippen LogP contribution in [-0.2, 0) is 20.8 Å². The van der Waals surface area contributed by atoms with Crippen LogP contribution in [0.2, 0.25) is 5.02 Å². The Balaban J connectivity index is 1.53. The Morgan fingerprint density at radius 2 is 2.00 bits per heavy atom. The Labute approximate surface area is 255 Å². The first-order chi connectivity index (χ1) is 20.3. The first-order valence-corrected chi connectivity index (χ1v) is 15.2. The Morgan fingerprint density at radius 3 is 2.60 bits per heavy atom. The predicted octanol–water partition coefficient (Wildman–Crippen LogP) is 2.35. The molecule has 3 fully saturated rings. The van der Waals surface area contributed by atoms with Gasteiger partial charge >= 0.3 is 5.97 Å². The molecule has 1 aromatic carbocycles. The molecule has 5 atom stereocenters. The lowest BCUT2D eigenvalue weighted by molar-refractivity contribution is -0.156. The number of benzene rings is 1. The minimum absolute atomic E-state index is 0.00802. The van der Waals surface area contributed by atoms with E-state index in [-0.39, 0.29) is 61.2 Å². The van der Waals surface area contributed by atoms with Crippen LogP contribution in [0.3, 0.4) is 0 Å². The minimum Gasteiger partial charge on any atom is -0.487 e. The van der Waals surface area contributed by atoms with E-state index in [2.05, 4.69) is 0 Å². The van der Waals surface area contributed by atoms with Crippen LogP contribution in [0.15, 0.2) is 23.5 Å². The Morgan fingerprint density at radius 1 is 1.28 bits per heavy atom. The van der Waals surface area contributed by atoms with E-state index in [1.807, 2.05) is 0 Å². The molecule has 13 heteroatoms. The van der Waals surface area contributed by atoms with Crippen molar-refractivity contribution < 1.29 is 33.7 Å². The summed E-state index contributed by atoms with van der Waals surface area (Å²) >= 11 is 6.68. The van der Waals surface area contributed by atoms with E-state index in [4.69, 9.17) is 27.9 Å². The Hall–Kier alpha value is -3.09. The molecule has 2 amide bonds. The molecule has 11 nitrogen and oxygen atoms in total. The van der Waals surface area contributed by atoms with Crippen LogP contribution in [0, 0.1) is 17.3 Å². The van der Waals surface area contributed by atoms with Crippen molar-refractivity contribution in [1.82, 2.24) is 14.8 Å². The molecule has 0 bridgehead atoms. The van der Waals surface area contributed by atoms with E-state index >= 15 is 0 Å². The summed E-state index contributed by atoms with van der Waals surface area (Å²) in [6.45, 7) is 2.16. The number of carbonyl (C=O) groups excluding carboxylic acids is 2. The molecule has 4 aliphatic rings. The monoisotopic (exact) mass is 621 g/mol. The topological polar surface area (TPSA) is 163 Å². The second-order valence-corrected chi connectivity index (χ2v) is 13.0. The lowest BCUT2D eigenvalue weighted by Gasteiger charge is -2.43. The maximum Gasteiger partial charge on any atom is 0.307 e. The summed E-state index contributed by atoms with van der Waals surface area (Å²) in [5.41, 5.74) is 7.73. The summed E-state index contributed by atoms with van der Waals surface area (Å²) in [6, 6.07) is 2.67. The van der Waals surface area contributed by atoms with Gasteiger partial charge in [-0.05, 0) is 68.6 Å². The summed E-state index contributed by atoms with van der Waals surface area (Å²) in [7, 11) is 1.48. The number of alkyl halides is 1. The average Bonchev–Trinajstić information content (AvgIpc) is 3.61. The number of aliphatic hydroxyl groups is 1. The van der Waals surface area contributed by atoms with Crippen LogP contribution in [0.4, 0.5) is 4.39 Å². The smallest absolute Gasteiger partial charge is 0.307 e. The fourth-order valence-corrected chi connectivity index (χ4v) is 7.41. The number of ether oxygens (including phenoxy) is 1. The number of fused-ring (bicyclic) bond motifs is 1. The molecule has 2 aliphatic carbocycles. The largest absolute Gasteiger partial charge is 0.487 e. The highest BCUT2D eigenvalue weighted by molar-refractivity contribution is 6.31. The number of hydrazine groups is 1. The predicted molar refractivity (Wildman–Crippen MR) is 156 cm³/mol. The van der Waals surface area contributed by atoms with E-state index in [1.165, 1.54) is 14.0 Å². The molecule has 1 spiro atoms. The molecule has 5 unspecified atom stereocenters. The van der Waals surface area contributed by atoms with Gasteiger partial charge in [-0.15, -0.1) is 0 Å². The first kappa shape index (κ1) is 31.3. The zero-order chi connectivity index (χ0) is 31.2. The third-order valence-electron chi connectivity index (χ3n) is 9.54. The summed E-state index contributed by atoms with van der Waals surface area (Å²) in [4.78, 5) is 42.9. The number of likely N-dealkylation sites (tertiary alicyclic amines) is 1. The second-order valence-electron chi connectivity index (χ2n) is 12.6. The number of aliphatic hydroxyl groups excluding tert-OH is 1. The standard InChI is InChI=1S/C30H41ClFN5O6/c1-16(32)27(35(2)34)22(33)14-43-24-6-5-21(31)19-7-10-37(28(40)20-11-17(38)3-4-18(20)29(41)42)23(26(19)24)13-36-15-30(8-9-30)12-25(36)39/h5-6,16-18,20,23,38H,3-4,7-15,33-34H2,1-2H3,(H,41,42)/b27-22-. The van der Waals surface area contributed by atoms with E-state index < -0.39 is 36.1 Å². The zero-order valence-corrected chi connectivity index (χ0v) is 25.4. The van der Waals surface area contributed by atoms with Crippen molar-refractivity contribution in [2.75, 3.05) is 33.3 Å². The highest BCUT2D eigenvalue weighted by Gasteiger charge is 2.53. The molecular formula is C30H41ClFN5O6. The van der Waals surface area contributed by atoms with Crippen molar-refractivity contribution in [2.45, 2.75) is 70.2 Å². The number of halogens is 2. The molecular weight excluding hydrogens is 581 g/mol. The lowest BCUT2D eigenvalue weighted by atomic mass is 9.76. The van der Waals surface area contributed by atoms with Crippen molar-refractivity contribution in [3.05, 3.63) is 39.7 Å². The lowest BCUT2D eigenvalue weighted by Crippen LogP contribution is -2.51. The fraction of sp³-hybridized carbons (Fsp3) is 0.633. The summed E-state index contributed by atoms with van der Waals surface area (Å²) in [5.74, 6) is 2.91. The van der Waals surface area contributed by atoms with Crippen molar-refractivity contribution in [1.29, 1.82) is 0 Å². The van der Waals surface area contributed by atoms with Gasteiger partial charge in [-0.1, -0.05) is 11.6 Å². The Kier molecular flexibility index (Phi) is 8.84. The van der Waals surface area contributed by atoms with E-state index in [0.29, 0.717) is 42.1 Å². The summed E-state index contributed by atoms with van der Waals surface area (Å²) in [6.07, 6.45) is 1.16. The summed E-state index contributed by atoms with van der Waals surface area (Å²) < 4.78 is 20.4. The molecule has 2 aliphatic heterocycles. The molecule has 1 aromatic rings. The molecule has 0 aromatic heterocycles. The van der Waals surface area contributed by atoms with E-state index in [9.17, 15) is 29.0 Å². The Bertz CT molecular complexity index is 1310. The number of amides is 2. The van der Waals surface area contributed by atoms with Gasteiger partial charge in [0.05, 0.1) is 35.4 Å². The fourth-order valence-electron chi connectivity index (χ4n) is 7.15. The number of nitrogens with two attached hydrogens (primary N) is 2. The number of aliphatic carboxylic acids is 1. The average molecular weight is 622 g/mol. The third kappa shape index (κ3) is 6.28. The van der Waals surface area contributed by atoms with Gasteiger partial charge < -0.3 is 35.5 Å². The maximum absolute atomic E-state index is 14.3. The van der Waals surface area contributed by atoms with Crippen molar-refractivity contribution in [2.24, 2.45) is 28.8 Å². The summed E-state index contributed by atoms with van der Waals surface area (Å²) in [5, 5.41) is 21.9. The number of allylic oxidation sites excluding steroid dienone is 1. The molecule has 2 heterocycles. The van der Waals surface area contributed by atoms with Gasteiger partial charge in [0.2, 0.25) is 11.8 Å². The SMILES string of the molecule is CC(F)/C(=C(/N)COc1ccc(Cl)c2c1C(CN1CC3(CC3)CC1=O)N(C(=O)C1CC(O)CCC1C(=O)O)CC2)N(C)N. The number of hydrogen-bond donors (Lipinski definition) is 4. The van der Waals surface area contributed by atoms with Crippen molar-refractivity contribution in [3.63, 3.8) is 0 Å². The number of hydrogen-bond acceptors (Lipinski definition) is 8. The van der Waals surface area contributed by atoms with Crippen LogP contribution in [0.5, 0.6) is 5.75 Å². The molecule has 236 valence electrons. The van der Waals surface area contributed by atoms with Crippen LogP contribution in [-0.4, -0.2) is 88.4 Å². The number of carboxylic acid groups (broad SMARTS) is 1. The molecule has 0 radical (unpaired) electrons. The normalized spacial score (nSPS) is 27.4. The van der Waals surface area contributed by atoms with Gasteiger partial charge in [-0.3, -0.25) is 14.4 Å². The van der Waals surface area contributed by atoms with Gasteiger partial charge in [-0.25, -0.2) is 10.2 Å². The van der Waals surface area contributed by atoms with Crippen LogP contribution in [0.1, 0.15) is 62.6 Å². The van der Waals surface area contributed by atoms with Gasteiger partial charge in [0.15, 0.2) is 0 Å². The van der Waals surface area contributed by atoms with Gasteiger partial charge in [-0.2, -0.15) is 0 Å². The number of nitrogens with zero attached hydrogens (tertiary/aromatic N) is 3. The second kappa shape index (κ2) is 12.1. The number of rotatable bonds is 9. The molecule has 5 rings (SSSR count). The molecule has 6 N–H and O–H groups in total. The van der Waals surface area contributed by atoms with E-state index in [0.717, 1.165) is 23.4 Å².